The number of fused-ring (bicyclic) bond motifs is 4. The number of phenolic OH excluding ortho intramolecular Hbond substituents is 2. The largest absolute Gasteiger partial charge is 0.504 e. The molecule has 6 unspecified atom stereocenters. The lowest BCUT2D eigenvalue weighted by molar-refractivity contribution is -0.161. The Morgan fingerprint density at radius 3 is 2.49 bits per heavy atom. The van der Waals surface area contributed by atoms with Gasteiger partial charge in [0.15, 0.2) is 11.5 Å². The number of hydrogen-bond donors (Lipinski definition) is 2. The summed E-state index contributed by atoms with van der Waals surface area (Å²) >= 11 is 0. The quantitative estimate of drug-likeness (QED) is 0.420. The Hall–Kier alpha value is -2.23. The molecule has 2 saturated carbocycles. The van der Waals surface area contributed by atoms with E-state index in [1.165, 1.54) is 5.57 Å². The standard InChI is InChI=1S/C31H44O4/c1-8-35-28(34)30(6)16-15-29(5)13-11-19(2)23-10-9-22-21(4)27(33)26(32)17-24(22)31(23,7)14-12-20(3)25(29)18-30/h9-10,17,19-20,25,32-33H,4,8,11-16,18H2,1-3,5-7H3. The van der Waals surface area contributed by atoms with Crippen molar-refractivity contribution < 1.29 is 19.7 Å². The van der Waals surface area contributed by atoms with Gasteiger partial charge in [0.25, 0.3) is 0 Å². The molecule has 6 atom stereocenters. The molecule has 192 valence electrons. The van der Waals surface area contributed by atoms with Crippen LogP contribution in [-0.2, 0) is 14.9 Å². The van der Waals surface area contributed by atoms with Crippen molar-refractivity contribution in [1.29, 1.82) is 0 Å². The molecule has 0 saturated heterocycles. The van der Waals surface area contributed by atoms with Gasteiger partial charge in [-0.2, -0.15) is 0 Å². The van der Waals surface area contributed by atoms with Gasteiger partial charge in [0.2, 0.25) is 0 Å². The summed E-state index contributed by atoms with van der Waals surface area (Å²) in [5.74, 6) is 1.06. The molecule has 3 aliphatic rings. The van der Waals surface area contributed by atoms with Crippen LogP contribution in [0.3, 0.4) is 0 Å². The molecule has 4 nitrogen and oxygen atoms in total. The Labute approximate surface area is 210 Å². The highest BCUT2D eigenvalue weighted by molar-refractivity contribution is 5.76. The van der Waals surface area contributed by atoms with Crippen LogP contribution >= 0.6 is 0 Å². The third-order valence-electron chi connectivity index (χ3n) is 10.1. The van der Waals surface area contributed by atoms with Gasteiger partial charge in [-0.15, -0.1) is 0 Å². The number of rotatable bonds is 2. The molecule has 35 heavy (non-hydrogen) atoms. The molecule has 0 spiro atoms. The third kappa shape index (κ3) is 4.21. The van der Waals surface area contributed by atoms with Crippen molar-refractivity contribution >= 4 is 18.6 Å². The van der Waals surface area contributed by atoms with Gasteiger partial charge in [-0.05, 0) is 98.8 Å². The highest BCUT2D eigenvalue weighted by Gasteiger charge is 2.51. The Bertz CT molecular complexity index is 1150. The molecule has 2 N–H and O–H groups in total. The van der Waals surface area contributed by atoms with Gasteiger partial charge in [-0.25, -0.2) is 0 Å². The van der Waals surface area contributed by atoms with Crippen molar-refractivity contribution in [3.05, 3.63) is 33.7 Å². The average Bonchev–Trinajstić information content (AvgIpc) is 2.82. The van der Waals surface area contributed by atoms with Gasteiger partial charge in [0.05, 0.1) is 12.0 Å². The Balaban J connectivity index is 1.74. The van der Waals surface area contributed by atoms with Gasteiger partial charge >= 0.3 is 5.97 Å². The monoisotopic (exact) mass is 480 g/mol. The Kier molecular flexibility index (Phi) is 6.66. The zero-order valence-corrected chi connectivity index (χ0v) is 22.5. The maximum absolute atomic E-state index is 12.9. The van der Waals surface area contributed by atoms with E-state index >= 15 is 0 Å². The fourth-order valence-electron chi connectivity index (χ4n) is 7.56. The summed E-state index contributed by atoms with van der Waals surface area (Å²) in [7, 11) is 0. The number of esters is 1. The minimum Gasteiger partial charge on any atom is -0.504 e. The Morgan fingerprint density at radius 2 is 1.80 bits per heavy atom. The molecule has 0 bridgehead atoms. The maximum Gasteiger partial charge on any atom is 0.311 e. The first-order chi connectivity index (χ1) is 16.4. The van der Waals surface area contributed by atoms with E-state index < -0.39 is 5.41 Å². The van der Waals surface area contributed by atoms with Crippen LogP contribution in [-0.4, -0.2) is 22.8 Å². The molecule has 0 heterocycles. The topological polar surface area (TPSA) is 66.8 Å². The minimum absolute atomic E-state index is 0.0353. The fourth-order valence-corrected chi connectivity index (χ4v) is 7.56. The van der Waals surface area contributed by atoms with Crippen LogP contribution in [0.5, 0.6) is 11.5 Å². The number of hydrogen-bond acceptors (Lipinski definition) is 4. The highest BCUT2D eigenvalue weighted by Crippen LogP contribution is 2.57. The number of phenols is 2. The van der Waals surface area contributed by atoms with E-state index in [9.17, 15) is 15.0 Å². The molecule has 1 aromatic carbocycles. The van der Waals surface area contributed by atoms with E-state index in [0.29, 0.717) is 29.6 Å². The van der Waals surface area contributed by atoms with E-state index in [-0.39, 0.29) is 28.3 Å². The van der Waals surface area contributed by atoms with Crippen molar-refractivity contribution in [3.8, 4) is 11.5 Å². The van der Waals surface area contributed by atoms with Crippen LogP contribution in [0.4, 0.5) is 0 Å². The minimum atomic E-state index is -0.405. The summed E-state index contributed by atoms with van der Waals surface area (Å²) in [4.78, 5) is 12.9. The van der Waals surface area contributed by atoms with E-state index in [2.05, 4.69) is 53.3 Å². The smallest absolute Gasteiger partial charge is 0.311 e. The summed E-state index contributed by atoms with van der Waals surface area (Å²) in [6.07, 6.45) is 11.4. The van der Waals surface area contributed by atoms with Crippen molar-refractivity contribution in [2.75, 3.05) is 6.61 Å². The van der Waals surface area contributed by atoms with E-state index in [4.69, 9.17) is 4.74 Å². The molecule has 0 amide bonds. The van der Waals surface area contributed by atoms with E-state index in [0.717, 1.165) is 55.7 Å². The molecule has 4 rings (SSSR count). The van der Waals surface area contributed by atoms with Crippen LogP contribution in [0, 0.1) is 28.6 Å². The third-order valence-corrected chi connectivity index (χ3v) is 10.1. The number of benzene rings is 1. The summed E-state index contributed by atoms with van der Waals surface area (Å²) < 4.78 is 5.51. The highest BCUT2D eigenvalue weighted by atomic mass is 16.5. The van der Waals surface area contributed by atoms with Gasteiger partial charge in [0, 0.05) is 10.6 Å². The second kappa shape index (κ2) is 9.01. The number of ether oxygens (including phenoxy) is 1. The van der Waals surface area contributed by atoms with Crippen molar-refractivity contribution in [3.63, 3.8) is 0 Å². The lowest BCUT2D eigenvalue weighted by Crippen LogP contribution is -2.47. The number of carbonyl (C=O) groups is 1. The number of aromatic hydroxyl groups is 2. The number of allylic oxidation sites excluding steroid dienone is 2. The average molecular weight is 481 g/mol. The first-order valence-electron chi connectivity index (χ1n) is 13.5. The molecule has 0 radical (unpaired) electrons. The second-order valence-electron chi connectivity index (χ2n) is 12.5. The molecule has 1 aromatic rings. The molecule has 0 aliphatic heterocycles. The summed E-state index contributed by atoms with van der Waals surface area (Å²) in [5, 5.41) is 22.2. The van der Waals surface area contributed by atoms with Crippen molar-refractivity contribution in [1.82, 2.24) is 0 Å². The van der Waals surface area contributed by atoms with Crippen LogP contribution < -0.4 is 10.4 Å². The van der Waals surface area contributed by atoms with E-state index in [1.54, 1.807) is 6.07 Å². The first kappa shape index (κ1) is 25.9. The SMILES string of the molecule is C=c1c(O)c(O)cc2c1=CC=C1C(C)CCC3(C)CCC(C)(C(=O)OCC)CC3C(C)CCC12C. The zero-order valence-electron chi connectivity index (χ0n) is 22.5. The summed E-state index contributed by atoms with van der Waals surface area (Å²) in [6.45, 7) is 18.0. The van der Waals surface area contributed by atoms with Crippen LogP contribution in [0.25, 0.3) is 12.7 Å². The second-order valence-corrected chi connectivity index (χ2v) is 12.5. The van der Waals surface area contributed by atoms with Crippen LogP contribution in [0.1, 0.15) is 92.1 Å². The lowest BCUT2D eigenvalue weighted by atomic mass is 9.52. The predicted octanol–water partition coefficient (Wildman–Crippen LogP) is 5.71. The lowest BCUT2D eigenvalue weighted by Gasteiger charge is -2.52. The van der Waals surface area contributed by atoms with Gasteiger partial charge < -0.3 is 14.9 Å². The van der Waals surface area contributed by atoms with Crippen molar-refractivity contribution in [2.45, 2.75) is 91.9 Å². The summed E-state index contributed by atoms with van der Waals surface area (Å²) in [5.41, 5.74) is 2.06. The molecule has 4 heteroatoms. The van der Waals surface area contributed by atoms with E-state index in [1.807, 2.05) is 6.92 Å². The molecular formula is C31H44O4. The van der Waals surface area contributed by atoms with Crippen LogP contribution in [0.2, 0.25) is 0 Å². The van der Waals surface area contributed by atoms with Gasteiger partial charge in [-0.3, -0.25) is 4.79 Å². The molecular weight excluding hydrogens is 436 g/mol. The van der Waals surface area contributed by atoms with Crippen molar-refractivity contribution in [2.24, 2.45) is 28.6 Å². The molecule has 3 aliphatic carbocycles. The molecule has 2 fully saturated rings. The summed E-state index contributed by atoms with van der Waals surface area (Å²) in [6, 6.07) is 1.76. The number of carbonyl (C=O) groups excluding carboxylic acids is 1. The normalized spacial score (nSPS) is 37.1. The van der Waals surface area contributed by atoms with Gasteiger partial charge in [-0.1, -0.05) is 52.0 Å². The van der Waals surface area contributed by atoms with Gasteiger partial charge in [0.1, 0.15) is 0 Å². The molecule has 0 aromatic heterocycles. The fraction of sp³-hybridized carbons (Fsp3) is 0.645. The first-order valence-corrected chi connectivity index (χ1v) is 13.5. The Morgan fingerprint density at radius 1 is 1.09 bits per heavy atom. The zero-order chi connectivity index (χ0) is 25.8. The predicted molar refractivity (Wildman–Crippen MR) is 141 cm³/mol. The van der Waals surface area contributed by atoms with Crippen LogP contribution in [0.15, 0.2) is 17.7 Å². The maximum atomic E-state index is 12.9.